The van der Waals surface area contributed by atoms with E-state index >= 15 is 0 Å². The second-order valence-electron chi connectivity index (χ2n) is 8.09. The van der Waals surface area contributed by atoms with Gasteiger partial charge in [-0.15, -0.1) is 0 Å². The summed E-state index contributed by atoms with van der Waals surface area (Å²) in [6.45, 7) is 6.74. The highest BCUT2D eigenvalue weighted by atomic mass is 35.5. The fourth-order valence-corrected chi connectivity index (χ4v) is 4.42. The van der Waals surface area contributed by atoms with E-state index in [0.717, 1.165) is 48.7 Å². The van der Waals surface area contributed by atoms with Gasteiger partial charge in [-0.25, -0.2) is 0 Å². The number of hydrogen-bond acceptors (Lipinski definition) is 4. The van der Waals surface area contributed by atoms with E-state index in [1.165, 1.54) is 5.56 Å². The third kappa shape index (κ3) is 4.98. The molecule has 154 valence electrons. The van der Waals surface area contributed by atoms with Crippen LogP contribution in [0, 0.1) is 6.92 Å². The van der Waals surface area contributed by atoms with Crippen molar-refractivity contribution < 1.29 is 4.79 Å². The molecule has 29 heavy (non-hydrogen) atoms. The first-order valence-corrected chi connectivity index (χ1v) is 10.7. The van der Waals surface area contributed by atoms with Crippen molar-refractivity contribution in [3.8, 4) is 0 Å². The van der Waals surface area contributed by atoms with E-state index in [0.29, 0.717) is 19.3 Å². The first-order valence-electron chi connectivity index (χ1n) is 10.4. The molecule has 2 heterocycles. The number of benzene rings is 2. The van der Waals surface area contributed by atoms with Crippen LogP contribution in [0.25, 0.3) is 0 Å². The van der Waals surface area contributed by atoms with Gasteiger partial charge in [0.2, 0.25) is 5.91 Å². The van der Waals surface area contributed by atoms with Crippen molar-refractivity contribution in [2.75, 3.05) is 32.8 Å². The molecule has 2 unspecified atom stereocenters. The summed E-state index contributed by atoms with van der Waals surface area (Å²) in [5, 5.41) is 7.56. The smallest absolute Gasteiger partial charge is 0.238 e. The summed E-state index contributed by atoms with van der Waals surface area (Å²) < 4.78 is 0. The first kappa shape index (κ1) is 20.4. The summed E-state index contributed by atoms with van der Waals surface area (Å²) in [7, 11) is 0. The zero-order chi connectivity index (χ0) is 20.2. The molecule has 0 radical (unpaired) electrons. The summed E-state index contributed by atoms with van der Waals surface area (Å²) >= 11 is 6.30. The van der Waals surface area contributed by atoms with Gasteiger partial charge in [-0.3, -0.25) is 15.0 Å². The van der Waals surface area contributed by atoms with Crippen molar-refractivity contribution in [2.45, 2.75) is 32.0 Å². The summed E-state index contributed by atoms with van der Waals surface area (Å²) in [4.78, 5) is 17.3. The van der Waals surface area contributed by atoms with E-state index in [1.807, 2.05) is 24.0 Å². The molecule has 2 saturated heterocycles. The average molecular weight is 413 g/mol. The van der Waals surface area contributed by atoms with Crippen LogP contribution < -0.4 is 10.6 Å². The van der Waals surface area contributed by atoms with E-state index in [4.69, 9.17) is 11.6 Å². The largest absolute Gasteiger partial charge is 0.320 e. The molecule has 2 fully saturated rings. The van der Waals surface area contributed by atoms with Gasteiger partial charge in [0.25, 0.3) is 0 Å². The molecular formula is C23H29ClN4O. The van der Waals surface area contributed by atoms with Crippen molar-refractivity contribution in [3.05, 3.63) is 70.2 Å². The Morgan fingerprint density at radius 3 is 2.86 bits per heavy atom. The Balaban J connectivity index is 1.28. The van der Waals surface area contributed by atoms with Crippen LogP contribution in [-0.2, 0) is 11.3 Å². The Hall–Kier alpha value is -1.92. The van der Waals surface area contributed by atoms with Crippen LogP contribution in [0.2, 0.25) is 5.02 Å². The lowest BCUT2D eigenvalue weighted by Gasteiger charge is -2.25. The molecule has 0 saturated carbocycles. The maximum Gasteiger partial charge on any atom is 0.238 e. The van der Waals surface area contributed by atoms with Crippen molar-refractivity contribution in [1.82, 2.24) is 20.4 Å². The van der Waals surface area contributed by atoms with E-state index < -0.39 is 0 Å². The van der Waals surface area contributed by atoms with Gasteiger partial charge in [-0.1, -0.05) is 54.1 Å². The number of halogens is 1. The molecule has 2 atom stereocenters. The van der Waals surface area contributed by atoms with E-state index in [2.05, 4.69) is 51.9 Å². The molecule has 0 bridgehead atoms. The van der Waals surface area contributed by atoms with Gasteiger partial charge >= 0.3 is 0 Å². The topological polar surface area (TPSA) is 47.6 Å². The predicted molar refractivity (Wildman–Crippen MR) is 117 cm³/mol. The molecule has 2 aliphatic heterocycles. The number of aryl methyl sites for hydroxylation is 1. The van der Waals surface area contributed by atoms with Gasteiger partial charge in [0.1, 0.15) is 0 Å². The number of hydrogen-bond donors (Lipinski definition) is 2. The molecule has 1 amide bonds. The van der Waals surface area contributed by atoms with Crippen LogP contribution in [-0.4, -0.2) is 54.6 Å². The highest BCUT2D eigenvalue weighted by Gasteiger charge is 2.30. The Kier molecular flexibility index (Phi) is 6.50. The standard InChI is InChI=1S/C23H29ClN4O/c1-17-7-8-19(11-21(17)24)22-12-25-16-28(22)23(29)13-26-20-9-10-27(15-20)14-18-5-3-2-4-6-18/h2-8,11,20,22,25-26H,9-10,12-16H2,1H3. The van der Waals surface area contributed by atoms with Crippen LogP contribution in [0.15, 0.2) is 48.5 Å². The SMILES string of the molecule is Cc1ccc(C2CNCN2C(=O)CNC2CCN(Cc3ccccc3)C2)cc1Cl. The van der Waals surface area contributed by atoms with Gasteiger partial charge in [-0.2, -0.15) is 0 Å². The van der Waals surface area contributed by atoms with Crippen molar-refractivity contribution >= 4 is 17.5 Å². The van der Waals surface area contributed by atoms with Crippen LogP contribution in [0.3, 0.4) is 0 Å². The van der Waals surface area contributed by atoms with Crippen molar-refractivity contribution in [3.63, 3.8) is 0 Å². The number of likely N-dealkylation sites (tertiary alicyclic amines) is 1. The van der Waals surface area contributed by atoms with Crippen LogP contribution in [0.1, 0.15) is 29.2 Å². The lowest BCUT2D eigenvalue weighted by molar-refractivity contribution is -0.131. The van der Waals surface area contributed by atoms with Crippen molar-refractivity contribution in [2.24, 2.45) is 0 Å². The van der Waals surface area contributed by atoms with Gasteiger partial charge in [0.05, 0.1) is 19.3 Å². The zero-order valence-corrected chi connectivity index (χ0v) is 17.7. The minimum atomic E-state index is 0.0422. The highest BCUT2D eigenvalue weighted by molar-refractivity contribution is 6.31. The second-order valence-corrected chi connectivity index (χ2v) is 8.49. The molecule has 2 aliphatic rings. The molecule has 2 aromatic carbocycles. The lowest BCUT2D eigenvalue weighted by atomic mass is 10.0. The zero-order valence-electron chi connectivity index (χ0n) is 16.9. The first-order chi connectivity index (χ1) is 14.1. The Bertz CT molecular complexity index is 844. The summed E-state index contributed by atoms with van der Waals surface area (Å²) in [5.41, 5.74) is 3.49. The van der Waals surface area contributed by atoms with E-state index in [-0.39, 0.29) is 11.9 Å². The molecule has 0 spiro atoms. The monoisotopic (exact) mass is 412 g/mol. The number of amides is 1. The average Bonchev–Trinajstić information content (AvgIpc) is 3.39. The maximum absolute atomic E-state index is 12.9. The summed E-state index contributed by atoms with van der Waals surface area (Å²) in [5.74, 6) is 0.137. The second kappa shape index (κ2) is 9.26. The van der Waals surface area contributed by atoms with Gasteiger partial charge in [0.15, 0.2) is 0 Å². The fraction of sp³-hybridized carbons (Fsp3) is 0.435. The van der Waals surface area contributed by atoms with E-state index in [1.54, 1.807) is 0 Å². The van der Waals surface area contributed by atoms with Crippen LogP contribution >= 0.6 is 11.6 Å². The van der Waals surface area contributed by atoms with Crippen LogP contribution in [0.4, 0.5) is 0 Å². The molecule has 0 aromatic heterocycles. The van der Waals surface area contributed by atoms with Gasteiger partial charge in [0, 0.05) is 37.2 Å². The molecule has 2 N–H and O–H groups in total. The van der Waals surface area contributed by atoms with Crippen molar-refractivity contribution in [1.29, 1.82) is 0 Å². The molecule has 5 nitrogen and oxygen atoms in total. The Labute approximate surface area is 178 Å². The Morgan fingerprint density at radius 1 is 1.24 bits per heavy atom. The number of carbonyl (C=O) groups is 1. The normalized spacial score (nSPS) is 22.3. The number of nitrogens with one attached hydrogen (secondary N) is 2. The number of nitrogens with zero attached hydrogens (tertiary/aromatic N) is 2. The molecule has 2 aromatic rings. The summed E-state index contributed by atoms with van der Waals surface area (Å²) in [6, 6.07) is 17.1. The maximum atomic E-state index is 12.9. The minimum absolute atomic E-state index is 0.0422. The quantitative estimate of drug-likeness (QED) is 0.765. The lowest BCUT2D eigenvalue weighted by Crippen LogP contribution is -2.43. The molecule has 6 heteroatoms. The number of rotatable bonds is 6. The third-order valence-electron chi connectivity index (χ3n) is 5.96. The van der Waals surface area contributed by atoms with Gasteiger partial charge < -0.3 is 10.2 Å². The molecule has 4 rings (SSSR count). The number of carbonyl (C=O) groups excluding carboxylic acids is 1. The predicted octanol–water partition coefficient (Wildman–Crippen LogP) is 2.94. The summed E-state index contributed by atoms with van der Waals surface area (Å²) in [6.07, 6.45) is 1.08. The van der Waals surface area contributed by atoms with Crippen LogP contribution in [0.5, 0.6) is 0 Å². The molecule has 0 aliphatic carbocycles. The fourth-order valence-electron chi connectivity index (χ4n) is 4.24. The molecular weight excluding hydrogens is 384 g/mol. The third-order valence-corrected chi connectivity index (χ3v) is 6.37. The Morgan fingerprint density at radius 2 is 2.07 bits per heavy atom. The van der Waals surface area contributed by atoms with E-state index in [9.17, 15) is 4.79 Å². The van der Waals surface area contributed by atoms with Gasteiger partial charge in [-0.05, 0) is 36.1 Å². The minimum Gasteiger partial charge on any atom is -0.320 e. The highest BCUT2D eigenvalue weighted by Crippen LogP contribution is 2.27.